The van der Waals surface area contributed by atoms with Gasteiger partial charge in [0.2, 0.25) is 0 Å². The van der Waals surface area contributed by atoms with Gasteiger partial charge < -0.3 is 0 Å². The van der Waals surface area contributed by atoms with Crippen molar-refractivity contribution < 1.29 is 105 Å². The topological polar surface area (TPSA) is 96.2 Å². The van der Waals surface area contributed by atoms with Crippen LogP contribution in [0, 0.1) is 94.7 Å². The van der Waals surface area contributed by atoms with E-state index in [1.165, 1.54) is 0 Å². The zero-order chi connectivity index (χ0) is 57.4. The summed E-state index contributed by atoms with van der Waals surface area (Å²) in [5.74, 6) is -39.1. The average molecular weight is 1200 g/mol. The largest absolute Gasteiger partial charge is 0.286 e. The first kappa shape index (κ1) is 57.1. The number of nitrogens with one attached hydrogen (secondary N) is 8. The molecule has 5 heterocycles. The lowest BCUT2D eigenvalue weighted by atomic mass is 9.58. The number of hydrogen-bond acceptors (Lipinski definition) is 8. The molecule has 0 spiro atoms. The van der Waals surface area contributed by atoms with Gasteiger partial charge in [0, 0.05) is 94.7 Å². The summed E-state index contributed by atoms with van der Waals surface area (Å²) < 4.78 is 388. The predicted octanol–water partition coefficient (Wildman–Crippen LogP) is 5.46. The van der Waals surface area contributed by atoms with E-state index in [2.05, 4.69) is 42.5 Å². The van der Waals surface area contributed by atoms with Crippen molar-refractivity contribution in [2.24, 2.45) is 94.7 Å². The Hall–Kier alpha value is -2.00. The minimum absolute atomic E-state index is 2.09. The maximum atomic E-state index is 17.5. The van der Waals surface area contributed by atoms with Crippen molar-refractivity contribution in [2.45, 2.75) is 197 Å². The standard InChI is InChI=1S/C48H56F24N8/c49-17-1-2(26(58)34(66)33(65)25(1)57)18(50)10-9(17)41-73-42(10)78-44-13-14(22(54)6-5(21(13)53)29(61)37(69)38(70)30(6)62)46(75-44)80-48-16-15(23(55)7-8(24(16)56)32(64)40(72)39(71)31(7)63)47(76-48)79-45-12-11(43(74-45)77-41)19(51)3-4(20(12)52)28(60)36(68)35(67)27(3)59/h1-48,73-80H. The summed E-state index contributed by atoms with van der Waals surface area (Å²) in [5.41, 5.74) is 0. The van der Waals surface area contributed by atoms with E-state index >= 15 is 105 Å². The van der Waals surface area contributed by atoms with Crippen LogP contribution in [0.1, 0.15) is 0 Å². The van der Waals surface area contributed by atoms with Crippen molar-refractivity contribution in [2.75, 3.05) is 0 Å². The maximum Gasteiger partial charge on any atom is 0.165 e. The lowest BCUT2D eigenvalue weighted by Gasteiger charge is -2.52. The molecule has 0 aromatic carbocycles. The molecular weight excluding hydrogens is 1140 g/mol. The fraction of sp³-hybridized carbons (Fsp3) is 1.00. The molecule has 40 atom stereocenters. The van der Waals surface area contributed by atoms with Gasteiger partial charge in [-0.15, -0.1) is 0 Å². The van der Waals surface area contributed by atoms with Crippen LogP contribution in [-0.2, 0) is 0 Å². The van der Waals surface area contributed by atoms with E-state index in [9.17, 15) is 0 Å². The van der Waals surface area contributed by atoms with Crippen LogP contribution in [0.15, 0.2) is 0 Å². The highest BCUT2D eigenvalue weighted by Gasteiger charge is 2.75. The summed E-state index contributed by atoms with van der Waals surface area (Å²) in [4.78, 5) is 0. The smallest absolute Gasteiger partial charge is 0.165 e. The molecule has 8 bridgehead atoms. The molecule has 5 saturated heterocycles. The van der Waals surface area contributed by atoms with Gasteiger partial charge in [0.1, 0.15) is 98.7 Å². The van der Waals surface area contributed by atoms with Crippen LogP contribution in [0.25, 0.3) is 0 Å². The van der Waals surface area contributed by atoms with Gasteiger partial charge in [0.15, 0.2) is 49.4 Å². The Morgan fingerprint density at radius 1 is 0.100 bits per heavy atom. The van der Waals surface area contributed by atoms with Crippen LogP contribution in [0.5, 0.6) is 0 Å². The Kier molecular flexibility index (Phi) is 14.1. The van der Waals surface area contributed by atoms with Gasteiger partial charge in [-0.3, -0.25) is 42.5 Å². The Morgan fingerprint density at radius 2 is 0.188 bits per heavy atom. The van der Waals surface area contributed by atoms with E-state index in [0.29, 0.717) is 0 Å². The Morgan fingerprint density at radius 3 is 0.275 bits per heavy atom. The molecule has 8 saturated carbocycles. The molecular formula is C48H56F24N8. The number of halogens is 24. The van der Waals surface area contributed by atoms with Crippen LogP contribution in [-0.4, -0.2) is 197 Å². The lowest BCUT2D eigenvalue weighted by molar-refractivity contribution is -0.176. The highest BCUT2D eigenvalue weighted by molar-refractivity contribution is 5.23. The van der Waals surface area contributed by atoms with Crippen LogP contribution in [0.4, 0.5) is 105 Å². The molecule has 13 fully saturated rings. The van der Waals surface area contributed by atoms with Crippen LogP contribution in [0.2, 0.25) is 0 Å². The first-order chi connectivity index (χ1) is 37.7. The van der Waals surface area contributed by atoms with Gasteiger partial charge in [-0.2, -0.15) is 0 Å². The van der Waals surface area contributed by atoms with Crippen molar-refractivity contribution in [1.82, 2.24) is 42.5 Å². The van der Waals surface area contributed by atoms with Crippen molar-refractivity contribution in [3.63, 3.8) is 0 Å². The van der Waals surface area contributed by atoms with E-state index in [0.717, 1.165) is 0 Å². The molecule has 13 aliphatic rings. The van der Waals surface area contributed by atoms with Crippen molar-refractivity contribution >= 4 is 0 Å². The van der Waals surface area contributed by atoms with E-state index in [1.54, 1.807) is 0 Å². The SMILES string of the molecule is FC1C(F)C(F)C2C(F)C3C4NC(NC5NC(NC6NC(NC7NC(N4)C4C(F)C8C(F)C(F)C(F)C(F)C8C(F)C74)C4C(F)C7C(F)C(F)C(F)C(F)C7C(F)C64)C4C(F)C6C(F)C(F)C(F)C(F)C6C(F)C54)C3C(F)C2C1F. The third kappa shape index (κ3) is 7.55. The Labute approximate surface area is 439 Å². The van der Waals surface area contributed by atoms with Gasteiger partial charge in [-0.05, 0) is 0 Å². The number of hydrogen-bond donors (Lipinski definition) is 8. The number of fused-ring (bicyclic) bond motifs is 24. The Balaban J connectivity index is 0.956. The van der Waals surface area contributed by atoms with Gasteiger partial charge >= 0.3 is 0 Å². The lowest BCUT2D eigenvalue weighted by Crippen LogP contribution is -2.67. The van der Waals surface area contributed by atoms with E-state index < -0.39 is 292 Å². The number of rotatable bonds is 0. The second-order valence-electron chi connectivity index (χ2n) is 25.1. The molecule has 0 aromatic heterocycles. The van der Waals surface area contributed by atoms with Crippen LogP contribution >= 0.6 is 0 Å². The predicted molar refractivity (Wildman–Crippen MR) is 229 cm³/mol. The quantitative estimate of drug-likeness (QED) is 0.152. The van der Waals surface area contributed by atoms with Gasteiger partial charge in [0.05, 0.1) is 49.3 Å². The molecule has 40 unspecified atom stereocenters. The number of alkyl halides is 24. The third-order valence-electron chi connectivity index (χ3n) is 22.0. The summed E-state index contributed by atoms with van der Waals surface area (Å²) >= 11 is 0. The maximum absolute atomic E-state index is 17.5. The average Bonchev–Trinajstić information content (AvgIpc) is 4.37. The molecule has 5 aliphatic heterocycles. The van der Waals surface area contributed by atoms with Gasteiger partial charge in [-0.1, -0.05) is 0 Å². The van der Waals surface area contributed by atoms with E-state index in [1.807, 2.05) is 0 Å². The van der Waals surface area contributed by atoms with Gasteiger partial charge in [-0.25, -0.2) is 105 Å². The zero-order valence-corrected chi connectivity index (χ0v) is 40.8. The second-order valence-corrected chi connectivity index (χ2v) is 25.1. The normalized spacial score (nSPS) is 68.1. The monoisotopic (exact) mass is 1200 g/mol. The highest BCUT2D eigenvalue weighted by Crippen LogP contribution is 2.61. The van der Waals surface area contributed by atoms with Crippen molar-refractivity contribution in [1.29, 1.82) is 0 Å². The molecule has 456 valence electrons. The summed E-state index contributed by atoms with van der Waals surface area (Å²) in [5, 5.41) is 20.9. The minimum Gasteiger partial charge on any atom is -0.286 e. The molecule has 0 amide bonds. The highest BCUT2D eigenvalue weighted by atomic mass is 19.2. The molecule has 80 heavy (non-hydrogen) atoms. The molecule has 8 N–H and O–H groups in total. The molecule has 13 rings (SSSR count). The minimum atomic E-state index is -3.38. The fourth-order valence-electron chi connectivity index (χ4n) is 18.6. The first-order valence-electron chi connectivity index (χ1n) is 27.2. The summed E-state index contributed by atoms with van der Waals surface area (Å²) in [6, 6.07) is 0. The molecule has 0 radical (unpaired) electrons. The Bertz CT molecular complexity index is 1860. The summed E-state index contributed by atoms with van der Waals surface area (Å²) in [6.07, 6.45) is -93.7. The van der Waals surface area contributed by atoms with E-state index in [-0.39, 0.29) is 0 Å². The zero-order valence-electron chi connectivity index (χ0n) is 40.8. The molecule has 8 nitrogen and oxygen atoms in total. The first-order valence-corrected chi connectivity index (χ1v) is 27.2. The fourth-order valence-corrected chi connectivity index (χ4v) is 18.6. The van der Waals surface area contributed by atoms with Crippen LogP contribution in [0.3, 0.4) is 0 Å². The summed E-state index contributed by atoms with van der Waals surface area (Å²) in [6.45, 7) is 0. The molecule has 0 aromatic rings. The second kappa shape index (κ2) is 19.8. The third-order valence-corrected chi connectivity index (χ3v) is 22.0. The van der Waals surface area contributed by atoms with Crippen molar-refractivity contribution in [3.05, 3.63) is 0 Å². The van der Waals surface area contributed by atoms with Crippen molar-refractivity contribution in [3.8, 4) is 0 Å². The summed E-state index contributed by atoms with van der Waals surface area (Å²) in [7, 11) is 0. The van der Waals surface area contributed by atoms with Gasteiger partial charge in [0.25, 0.3) is 0 Å². The van der Waals surface area contributed by atoms with Crippen LogP contribution < -0.4 is 42.5 Å². The molecule has 32 heteroatoms. The molecule has 8 aliphatic carbocycles. The van der Waals surface area contributed by atoms with E-state index in [4.69, 9.17) is 0 Å².